The fraction of sp³-hybridized carbons (Fsp3) is 0.333. The Balaban J connectivity index is 1.75. The van der Waals surface area contributed by atoms with Crippen LogP contribution in [0.2, 0.25) is 0 Å². The summed E-state index contributed by atoms with van der Waals surface area (Å²) in [7, 11) is -7.41. The highest BCUT2D eigenvalue weighted by atomic mass is 32.2. The molecule has 0 amide bonds. The van der Waals surface area contributed by atoms with E-state index in [-0.39, 0.29) is 39.5 Å². The molecule has 4 rings (SSSR count). The van der Waals surface area contributed by atoms with Crippen molar-refractivity contribution in [3.05, 3.63) is 122 Å². The standard InChI is InChI=1S/C39H44N4O14S2/c1-21-12-16-28(17-13-21)41-58(50,51)34(38(46)54-7)25(5)56-36(44)31-23(3)40-24(4)32(33(31)27-10-9-11-30(20-27)43(48)49)37(45)57-26(6)35(39(47)55-8)59(52,53)42-29-18-14-22(2)15-19-29/h9-20,25-26,33-35,40-42H,1-8H3/t25-,26-,34+,35+/m1/s1. The van der Waals surface area contributed by atoms with Crippen LogP contribution in [-0.2, 0) is 58.2 Å². The first-order chi connectivity index (χ1) is 27.6. The molecule has 3 N–H and O–H groups in total. The summed E-state index contributed by atoms with van der Waals surface area (Å²) < 4.78 is 79.8. The summed E-state index contributed by atoms with van der Waals surface area (Å²) in [6.07, 6.45) is -3.48. The summed E-state index contributed by atoms with van der Waals surface area (Å²) in [4.78, 5) is 65.7. The number of rotatable bonds is 16. The number of nitrogens with one attached hydrogen (secondary N) is 3. The molecule has 0 bridgehead atoms. The Hall–Kier alpha value is -6.28. The Kier molecular flexibility index (Phi) is 14.3. The van der Waals surface area contributed by atoms with Gasteiger partial charge in [-0.1, -0.05) is 47.5 Å². The topological polar surface area (TPSA) is 253 Å². The van der Waals surface area contributed by atoms with Gasteiger partial charge in [0.15, 0.2) is 0 Å². The number of nitro groups is 1. The van der Waals surface area contributed by atoms with Crippen molar-refractivity contribution in [2.24, 2.45) is 0 Å². The number of non-ortho nitro benzene ring substituents is 1. The van der Waals surface area contributed by atoms with Gasteiger partial charge in [0, 0.05) is 34.9 Å². The molecule has 18 nitrogen and oxygen atoms in total. The van der Waals surface area contributed by atoms with Crippen LogP contribution in [0, 0.1) is 24.0 Å². The zero-order valence-corrected chi connectivity index (χ0v) is 34.9. The summed E-state index contributed by atoms with van der Waals surface area (Å²) in [6, 6.07) is 17.3. The van der Waals surface area contributed by atoms with Gasteiger partial charge in [0.2, 0.25) is 30.5 Å². The molecular weight excluding hydrogens is 813 g/mol. The number of anilines is 2. The molecule has 1 aliphatic rings. The lowest BCUT2D eigenvalue weighted by Gasteiger charge is -2.32. The van der Waals surface area contributed by atoms with Gasteiger partial charge in [-0.05, 0) is 71.4 Å². The summed E-state index contributed by atoms with van der Waals surface area (Å²) in [5.74, 6) is -6.57. The normalized spacial score (nSPS) is 15.5. The lowest BCUT2D eigenvalue weighted by atomic mass is 9.80. The number of benzene rings is 3. The van der Waals surface area contributed by atoms with Gasteiger partial charge in [0.25, 0.3) is 5.69 Å². The van der Waals surface area contributed by atoms with Gasteiger partial charge in [-0.15, -0.1) is 0 Å². The van der Waals surface area contributed by atoms with Crippen LogP contribution in [-0.4, -0.2) is 82.6 Å². The first-order valence-corrected chi connectivity index (χ1v) is 20.9. The molecule has 3 aromatic rings. The highest BCUT2D eigenvalue weighted by Crippen LogP contribution is 2.41. The monoisotopic (exact) mass is 856 g/mol. The number of allylic oxidation sites excluding steroid dienone is 2. The second kappa shape index (κ2) is 18.5. The third kappa shape index (κ3) is 10.6. The van der Waals surface area contributed by atoms with E-state index in [9.17, 15) is 46.1 Å². The number of hydrogen-bond donors (Lipinski definition) is 3. The van der Waals surface area contributed by atoms with Gasteiger partial charge in [0.1, 0.15) is 12.2 Å². The molecule has 1 aliphatic heterocycles. The number of hydrogen-bond acceptors (Lipinski definition) is 15. The van der Waals surface area contributed by atoms with Crippen LogP contribution in [0.15, 0.2) is 95.3 Å². The van der Waals surface area contributed by atoms with E-state index in [1.54, 1.807) is 38.1 Å². The first kappa shape index (κ1) is 45.4. The lowest BCUT2D eigenvalue weighted by molar-refractivity contribution is -0.384. The number of carbonyl (C=O) groups excluding carboxylic acids is 4. The van der Waals surface area contributed by atoms with Gasteiger partial charge < -0.3 is 24.3 Å². The van der Waals surface area contributed by atoms with Crippen molar-refractivity contribution in [1.29, 1.82) is 0 Å². The quantitative estimate of drug-likeness (QED) is 0.0787. The number of dihydropyridines is 1. The van der Waals surface area contributed by atoms with Gasteiger partial charge in [0.05, 0.1) is 36.2 Å². The molecule has 0 aromatic heterocycles. The van der Waals surface area contributed by atoms with E-state index in [1.165, 1.54) is 50.2 Å². The van der Waals surface area contributed by atoms with E-state index < -0.39 is 83.2 Å². The fourth-order valence-corrected chi connectivity index (χ4v) is 9.35. The van der Waals surface area contributed by atoms with Crippen LogP contribution in [0.3, 0.4) is 0 Å². The maximum absolute atomic E-state index is 14.3. The Morgan fingerprint density at radius 2 is 1.07 bits per heavy atom. The molecule has 59 heavy (non-hydrogen) atoms. The zero-order chi connectivity index (χ0) is 44.0. The van der Waals surface area contributed by atoms with Crippen LogP contribution >= 0.6 is 0 Å². The van der Waals surface area contributed by atoms with Crippen molar-refractivity contribution in [2.45, 2.75) is 70.2 Å². The minimum absolute atomic E-state index is 0.00467. The number of nitrogens with zero attached hydrogens (tertiary/aromatic N) is 1. The van der Waals surface area contributed by atoms with Crippen molar-refractivity contribution >= 4 is 61.0 Å². The molecule has 1 heterocycles. The molecule has 0 fully saturated rings. The number of nitro benzene ring substituents is 1. The van der Waals surface area contributed by atoms with Crippen LogP contribution in [0.5, 0.6) is 0 Å². The van der Waals surface area contributed by atoms with Gasteiger partial charge >= 0.3 is 23.9 Å². The number of aryl methyl sites for hydroxylation is 2. The SMILES string of the molecule is COC(=O)[C@H]([C@@H](C)OC(=O)C1=C(C)NC(C)=C(C(=O)O[C@H](C)[C@@H](C(=O)OC)S(=O)(=O)Nc2ccc(C)cc2)C1c1cccc([N+](=O)[O-])c1)S(=O)(=O)Nc1ccc(C)cc1. The Morgan fingerprint density at radius 1 is 0.678 bits per heavy atom. The summed E-state index contributed by atoms with van der Waals surface area (Å²) in [5.41, 5.74) is 0.848. The van der Waals surface area contributed by atoms with E-state index in [4.69, 9.17) is 18.9 Å². The molecule has 0 radical (unpaired) electrons. The van der Waals surface area contributed by atoms with Crippen molar-refractivity contribution in [1.82, 2.24) is 5.32 Å². The smallest absolute Gasteiger partial charge is 0.337 e. The Labute approximate surface area is 341 Å². The highest BCUT2D eigenvalue weighted by molar-refractivity contribution is 7.94. The summed E-state index contributed by atoms with van der Waals surface area (Å²) in [6.45, 7) is 8.68. The third-order valence-corrected chi connectivity index (χ3v) is 12.7. The molecule has 0 unspecified atom stereocenters. The minimum atomic E-state index is -4.65. The number of carbonyl (C=O) groups is 4. The Bertz CT molecular complexity index is 2270. The van der Waals surface area contributed by atoms with Crippen molar-refractivity contribution in [3.8, 4) is 0 Å². The van der Waals surface area contributed by atoms with E-state index in [0.717, 1.165) is 51.3 Å². The molecule has 4 atom stereocenters. The first-order valence-electron chi connectivity index (χ1n) is 17.8. The third-order valence-electron chi connectivity index (χ3n) is 9.21. The predicted molar refractivity (Wildman–Crippen MR) is 215 cm³/mol. The van der Waals surface area contributed by atoms with Crippen LogP contribution in [0.1, 0.15) is 50.3 Å². The van der Waals surface area contributed by atoms with Crippen LogP contribution < -0.4 is 14.8 Å². The number of ether oxygens (including phenoxy) is 4. The van der Waals surface area contributed by atoms with Gasteiger partial charge in [-0.25, -0.2) is 26.4 Å². The van der Waals surface area contributed by atoms with Gasteiger partial charge in [-0.2, -0.15) is 0 Å². The largest absolute Gasteiger partial charge is 0.468 e. The Morgan fingerprint density at radius 3 is 1.42 bits per heavy atom. The number of sulfonamides is 2. The van der Waals surface area contributed by atoms with E-state index in [2.05, 4.69) is 14.8 Å². The summed E-state index contributed by atoms with van der Waals surface area (Å²) >= 11 is 0. The second-order valence-corrected chi connectivity index (χ2v) is 17.2. The van der Waals surface area contributed by atoms with Crippen LogP contribution in [0.4, 0.5) is 17.1 Å². The molecule has 20 heteroatoms. The zero-order valence-electron chi connectivity index (χ0n) is 33.3. The van der Waals surface area contributed by atoms with Crippen molar-refractivity contribution < 1.29 is 59.9 Å². The van der Waals surface area contributed by atoms with Gasteiger partial charge in [-0.3, -0.25) is 29.1 Å². The molecule has 3 aromatic carbocycles. The van der Waals surface area contributed by atoms with E-state index >= 15 is 0 Å². The van der Waals surface area contributed by atoms with E-state index in [1.807, 2.05) is 0 Å². The number of methoxy groups -OCH3 is 2. The number of esters is 4. The minimum Gasteiger partial charge on any atom is -0.468 e. The van der Waals surface area contributed by atoms with Crippen molar-refractivity contribution in [2.75, 3.05) is 23.7 Å². The molecule has 0 saturated carbocycles. The van der Waals surface area contributed by atoms with Crippen LogP contribution in [0.25, 0.3) is 0 Å². The van der Waals surface area contributed by atoms with E-state index in [0.29, 0.717) is 0 Å². The second-order valence-electron chi connectivity index (χ2n) is 13.6. The summed E-state index contributed by atoms with van der Waals surface area (Å²) in [5, 5.41) is 10.5. The lowest BCUT2D eigenvalue weighted by Crippen LogP contribution is -2.46. The molecule has 0 saturated heterocycles. The fourth-order valence-electron chi connectivity index (χ4n) is 6.35. The molecule has 316 valence electrons. The highest BCUT2D eigenvalue weighted by Gasteiger charge is 2.46. The maximum atomic E-state index is 14.3. The van der Waals surface area contributed by atoms with Crippen molar-refractivity contribution in [3.63, 3.8) is 0 Å². The predicted octanol–water partition coefficient (Wildman–Crippen LogP) is 4.28. The molecular formula is C39H44N4O14S2. The average Bonchev–Trinajstić information content (AvgIpc) is 3.15. The molecule has 0 aliphatic carbocycles. The molecule has 0 spiro atoms. The average molecular weight is 857 g/mol. The maximum Gasteiger partial charge on any atom is 0.337 e.